The van der Waals surface area contributed by atoms with E-state index in [-0.39, 0.29) is 11.9 Å². The molecular formula is C14H18N4O2S. The molecule has 3 heterocycles. The minimum atomic E-state index is -0.0672. The Morgan fingerprint density at radius 3 is 2.62 bits per heavy atom. The van der Waals surface area contributed by atoms with E-state index in [1.165, 1.54) is 0 Å². The molecule has 2 aromatic heterocycles. The topological polar surface area (TPSA) is 60.2 Å². The summed E-state index contributed by atoms with van der Waals surface area (Å²) in [6.45, 7) is 3.94. The lowest BCUT2D eigenvalue weighted by Gasteiger charge is -2.30. The summed E-state index contributed by atoms with van der Waals surface area (Å²) in [7, 11) is 0. The number of hydrogen-bond acceptors (Lipinski definition) is 6. The van der Waals surface area contributed by atoms with Crippen LogP contribution in [0.25, 0.3) is 5.13 Å². The summed E-state index contributed by atoms with van der Waals surface area (Å²) in [6.07, 6.45) is 5.54. The lowest BCUT2D eigenvalue weighted by atomic mass is 9.97. The van der Waals surface area contributed by atoms with Gasteiger partial charge in [-0.1, -0.05) is 11.3 Å². The molecule has 0 bridgehead atoms. The molecule has 7 heteroatoms. The number of aromatic nitrogens is 3. The molecule has 0 N–H and O–H groups in total. The van der Waals surface area contributed by atoms with Gasteiger partial charge < -0.3 is 9.64 Å². The highest BCUT2D eigenvalue weighted by Crippen LogP contribution is 2.28. The van der Waals surface area contributed by atoms with Crippen LogP contribution in [0.5, 0.6) is 0 Å². The fourth-order valence-electron chi connectivity index (χ4n) is 2.47. The summed E-state index contributed by atoms with van der Waals surface area (Å²) >= 11 is 1.57. The number of rotatable bonds is 4. The van der Waals surface area contributed by atoms with Crippen molar-refractivity contribution in [1.82, 2.24) is 14.8 Å². The second-order valence-electron chi connectivity index (χ2n) is 4.97. The molecule has 0 aromatic carbocycles. The second-order valence-corrected chi connectivity index (χ2v) is 5.91. The maximum atomic E-state index is 11.7. The molecule has 1 saturated heterocycles. The van der Waals surface area contributed by atoms with Crippen LogP contribution in [0.1, 0.15) is 19.8 Å². The molecule has 0 spiro atoms. The van der Waals surface area contributed by atoms with Gasteiger partial charge in [-0.3, -0.25) is 9.36 Å². The van der Waals surface area contributed by atoms with Gasteiger partial charge in [-0.15, -0.1) is 10.2 Å². The average molecular weight is 306 g/mol. The number of esters is 1. The lowest BCUT2D eigenvalue weighted by molar-refractivity contribution is -0.148. The van der Waals surface area contributed by atoms with Gasteiger partial charge in [-0.25, -0.2) is 0 Å². The minimum absolute atomic E-state index is 0.0260. The third-order valence-corrected chi connectivity index (χ3v) is 4.61. The minimum Gasteiger partial charge on any atom is -0.466 e. The fourth-order valence-corrected chi connectivity index (χ4v) is 3.33. The molecule has 0 aliphatic carbocycles. The Hall–Kier alpha value is -1.89. The van der Waals surface area contributed by atoms with E-state index >= 15 is 0 Å². The molecule has 0 radical (unpaired) electrons. The van der Waals surface area contributed by atoms with Crippen molar-refractivity contribution in [3.05, 3.63) is 24.5 Å². The first-order valence-corrected chi connectivity index (χ1v) is 7.98. The largest absolute Gasteiger partial charge is 0.466 e. The number of nitrogens with zero attached hydrogens (tertiary/aromatic N) is 4. The zero-order valence-corrected chi connectivity index (χ0v) is 12.8. The third kappa shape index (κ3) is 3.07. The molecule has 0 atom stereocenters. The Labute approximate surface area is 127 Å². The summed E-state index contributed by atoms with van der Waals surface area (Å²) in [5.74, 6) is -0.0412. The zero-order valence-electron chi connectivity index (χ0n) is 11.9. The van der Waals surface area contributed by atoms with E-state index in [0.29, 0.717) is 6.61 Å². The van der Waals surface area contributed by atoms with Crippen LogP contribution in [0, 0.1) is 5.92 Å². The molecule has 1 aliphatic rings. The van der Waals surface area contributed by atoms with Gasteiger partial charge in [-0.05, 0) is 31.9 Å². The average Bonchev–Trinajstić information content (AvgIpc) is 3.19. The van der Waals surface area contributed by atoms with Crippen LogP contribution < -0.4 is 4.90 Å². The van der Waals surface area contributed by atoms with Crippen LogP contribution in [0.2, 0.25) is 0 Å². The van der Waals surface area contributed by atoms with E-state index < -0.39 is 0 Å². The van der Waals surface area contributed by atoms with Gasteiger partial charge in [0.05, 0.1) is 12.5 Å². The summed E-state index contributed by atoms with van der Waals surface area (Å²) < 4.78 is 7.04. The zero-order chi connectivity index (χ0) is 14.7. The summed E-state index contributed by atoms with van der Waals surface area (Å²) in [4.78, 5) is 13.9. The molecule has 112 valence electrons. The van der Waals surface area contributed by atoms with Crippen LogP contribution in [0.15, 0.2) is 24.5 Å². The molecule has 1 fully saturated rings. The van der Waals surface area contributed by atoms with Gasteiger partial charge in [0.1, 0.15) is 0 Å². The van der Waals surface area contributed by atoms with Crippen molar-refractivity contribution in [2.45, 2.75) is 19.8 Å². The number of hydrogen-bond donors (Lipinski definition) is 0. The van der Waals surface area contributed by atoms with Crippen molar-refractivity contribution in [2.24, 2.45) is 5.92 Å². The highest BCUT2D eigenvalue weighted by atomic mass is 32.1. The van der Waals surface area contributed by atoms with Gasteiger partial charge in [0.2, 0.25) is 10.3 Å². The van der Waals surface area contributed by atoms with Crippen molar-refractivity contribution in [1.29, 1.82) is 0 Å². The fraction of sp³-hybridized carbons (Fsp3) is 0.500. The summed E-state index contributed by atoms with van der Waals surface area (Å²) in [6, 6.07) is 3.93. The van der Waals surface area contributed by atoms with Gasteiger partial charge >= 0.3 is 5.97 Å². The van der Waals surface area contributed by atoms with Gasteiger partial charge in [-0.2, -0.15) is 0 Å². The normalized spacial score (nSPS) is 16.1. The second kappa shape index (κ2) is 6.26. The Morgan fingerprint density at radius 1 is 1.29 bits per heavy atom. The van der Waals surface area contributed by atoms with E-state index in [1.54, 1.807) is 11.3 Å². The first-order chi connectivity index (χ1) is 10.3. The molecule has 3 rings (SSSR count). The van der Waals surface area contributed by atoms with Crippen molar-refractivity contribution >= 4 is 22.4 Å². The van der Waals surface area contributed by atoms with E-state index in [2.05, 4.69) is 15.1 Å². The molecule has 6 nitrogen and oxygen atoms in total. The number of piperidine rings is 1. The molecular weight excluding hydrogens is 288 g/mol. The lowest BCUT2D eigenvalue weighted by Crippen LogP contribution is -2.36. The van der Waals surface area contributed by atoms with Crippen LogP contribution >= 0.6 is 11.3 Å². The first kappa shape index (κ1) is 14.1. The summed E-state index contributed by atoms with van der Waals surface area (Å²) in [5, 5.41) is 10.3. The van der Waals surface area contributed by atoms with Crippen LogP contribution in [-0.2, 0) is 9.53 Å². The number of carbonyl (C=O) groups excluding carboxylic acids is 1. The number of carbonyl (C=O) groups is 1. The molecule has 0 saturated carbocycles. The van der Waals surface area contributed by atoms with E-state index in [0.717, 1.165) is 36.2 Å². The van der Waals surface area contributed by atoms with Gasteiger partial charge in [0.15, 0.2) is 0 Å². The maximum absolute atomic E-state index is 11.7. The van der Waals surface area contributed by atoms with Crippen molar-refractivity contribution in [3.63, 3.8) is 0 Å². The van der Waals surface area contributed by atoms with Crippen molar-refractivity contribution in [3.8, 4) is 5.13 Å². The standard InChI is InChI=1S/C14H18N4O2S/c1-2-20-12(19)11-5-9-18(10-6-11)14-16-15-13(21-14)17-7-3-4-8-17/h3-4,7-8,11H,2,5-6,9-10H2,1H3. The SMILES string of the molecule is CCOC(=O)C1CCN(c2nnc(-n3cccc3)s2)CC1. The molecule has 0 amide bonds. The predicted molar refractivity (Wildman–Crippen MR) is 80.8 cm³/mol. The molecule has 2 aromatic rings. The maximum Gasteiger partial charge on any atom is 0.309 e. The van der Waals surface area contributed by atoms with E-state index in [1.807, 2.05) is 36.0 Å². The molecule has 1 aliphatic heterocycles. The summed E-state index contributed by atoms with van der Waals surface area (Å²) in [5.41, 5.74) is 0. The Morgan fingerprint density at radius 2 is 1.95 bits per heavy atom. The quantitative estimate of drug-likeness (QED) is 0.810. The molecule has 21 heavy (non-hydrogen) atoms. The number of ether oxygens (including phenoxy) is 1. The Bertz CT molecular complexity index is 588. The van der Waals surface area contributed by atoms with Crippen LogP contribution in [-0.4, -0.2) is 40.4 Å². The van der Waals surface area contributed by atoms with Crippen molar-refractivity contribution < 1.29 is 9.53 Å². The van der Waals surface area contributed by atoms with Crippen molar-refractivity contribution in [2.75, 3.05) is 24.6 Å². The number of anilines is 1. The van der Waals surface area contributed by atoms with Gasteiger partial charge in [0.25, 0.3) is 0 Å². The highest BCUT2D eigenvalue weighted by Gasteiger charge is 2.27. The van der Waals surface area contributed by atoms with Gasteiger partial charge in [0, 0.05) is 25.5 Å². The van der Waals surface area contributed by atoms with Crippen LogP contribution in [0.4, 0.5) is 5.13 Å². The monoisotopic (exact) mass is 306 g/mol. The Balaban J connectivity index is 1.61. The predicted octanol–water partition coefficient (Wildman–Crippen LogP) is 2.11. The van der Waals surface area contributed by atoms with Crippen LogP contribution in [0.3, 0.4) is 0 Å². The smallest absolute Gasteiger partial charge is 0.309 e. The highest BCUT2D eigenvalue weighted by molar-refractivity contribution is 7.17. The Kier molecular flexibility index (Phi) is 4.19. The van der Waals surface area contributed by atoms with E-state index in [9.17, 15) is 4.79 Å². The first-order valence-electron chi connectivity index (χ1n) is 7.16. The third-order valence-electron chi connectivity index (χ3n) is 3.61. The van der Waals surface area contributed by atoms with E-state index in [4.69, 9.17) is 4.74 Å². The molecule has 0 unspecified atom stereocenters.